The van der Waals surface area contributed by atoms with Crippen LogP contribution in [-0.2, 0) is 34.7 Å². The van der Waals surface area contributed by atoms with Crippen molar-refractivity contribution in [3.63, 3.8) is 0 Å². The van der Waals surface area contributed by atoms with Gasteiger partial charge in [0.25, 0.3) is 0 Å². The fraction of sp³-hybridized carbons (Fsp3) is 0.477. The van der Waals surface area contributed by atoms with Crippen LogP contribution in [0.3, 0.4) is 0 Å². The molecular formula is C44H57NO9S2Si. The zero-order valence-electron chi connectivity index (χ0n) is 34.3. The molecule has 0 saturated carbocycles. The number of allylic oxidation sites excluding steroid dienone is 1. The fourth-order valence-electron chi connectivity index (χ4n) is 6.13. The summed E-state index contributed by atoms with van der Waals surface area (Å²) in [6.07, 6.45) is -0.269. The number of nitrogens with one attached hydrogen (secondary N) is 1. The van der Waals surface area contributed by atoms with Crippen LogP contribution in [0.4, 0.5) is 0 Å². The third-order valence-electron chi connectivity index (χ3n) is 10.6. The Morgan fingerprint density at radius 3 is 1.68 bits per heavy atom. The zero-order valence-corrected chi connectivity index (χ0v) is 37.0. The van der Waals surface area contributed by atoms with Crippen LogP contribution in [0.25, 0.3) is 0 Å². The van der Waals surface area contributed by atoms with Crippen LogP contribution in [0.2, 0.25) is 18.1 Å². The van der Waals surface area contributed by atoms with Gasteiger partial charge in [-0.2, -0.15) is 0 Å². The summed E-state index contributed by atoms with van der Waals surface area (Å²) in [7, 11) is -2.19. The topological polar surface area (TPSA) is 132 Å². The van der Waals surface area contributed by atoms with Gasteiger partial charge < -0.3 is 27.9 Å². The van der Waals surface area contributed by atoms with Gasteiger partial charge >= 0.3 is 17.9 Å². The average Bonchev–Trinajstić information content (AvgIpc) is 3.17. The minimum absolute atomic E-state index is 0.0353. The van der Waals surface area contributed by atoms with Gasteiger partial charge in [-0.3, -0.25) is 0 Å². The molecule has 1 saturated heterocycles. The van der Waals surface area contributed by atoms with Gasteiger partial charge in [0.15, 0.2) is 26.6 Å². The van der Waals surface area contributed by atoms with Crippen molar-refractivity contribution < 1.29 is 42.3 Å². The van der Waals surface area contributed by atoms with Gasteiger partial charge in [-0.1, -0.05) is 94.4 Å². The molecular weight excluding hydrogens is 779 g/mol. The number of rotatable bonds is 11. The maximum absolute atomic E-state index is 14.1. The van der Waals surface area contributed by atoms with Crippen molar-refractivity contribution in [2.75, 3.05) is 6.61 Å². The molecule has 5 rings (SSSR count). The fourth-order valence-corrected chi connectivity index (χ4v) is 9.56. The predicted molar refractivity (Wildman–Crippen MR) is 228 cm³/mol. The largest absolute Gasteiger partial charge is 0.598 e. The lowest BCUT2D eigenvalue weighted by atomic mass is 9.87. The average molecular weight is 836 g/mol. The molecule has 2 aliphatic rings. The van der Waals surface area contributed by atoms with Crippen LogP contribution >= 0.6 is 11.8 Å². The number of hydrogen-bond acceptors (Lipinski definition) is 11. The second-order valence-corrected chi connectivity index (χ2v) is 25.3. The molecule has 2 bridgehead atoms. The van der Waals surface area contributed by atoms with E-state index >= 15 is 0 Å². The van der Waals surface area contributed by atoms with Crippen molar-refractivity contribution in [3.8, 4) is 0 Å². The molecule has 0 aliphatic carbocycles. The van der Waals surface area contributed by atoms with Crippen LogP contribution in [0.1, 0.15) is 86.0 Å². The molecule has 0 radical (unpaired) electrons. The molecule has 57 heavy (non-hydrogen) atoms. The van der Waals surface area contributed by atoms with Crippen molar-refractivity contribution in [2.24, 2.45) is 5.92 Å². The van der Waals surface area contributed by atoms with Gasteiger partial charge in [0.05, 0.1) is 22.7 Å². The summed E-state index contributed by atoms with van der Waals surface area (Å²) >= 11 is -0.172. The summed E-state index contributed by atoms with van der Waals surface area (Å²) in [5, 5.41) is -0.208. The summed E-state index contributed by atoms with van der Waals surface area (Å²) < 4.78 is 49.5. The second kappa shape index (κ2) is 19.1. The van der Waals surface area contributed by atoms with E-state index in [0.717, 1.165) is 0 Å². The highest BCUT2D eigenvalue weighted by molar-refractivity contribution is 8.00. The molecule has 2 heterocycles. The summed E-state index contributed by atoms with van der Waals surface area (Å²) in [5.74, 6) is -2.38. The number of carbonyl (C=O) groups is 3. The number of benzene rings is 3. The van der Waals surface area contributed by atoms with Gasteiger partial charge in [0.2, 0.25) is 0 Å². The lowest BCUT2D eigenvalue weighted by molar-refractivity contribution is -0.207. The van der Waals surface area contributed by atoms with Gasteiger partial charge in [-0.25, -0.2) is 14.4 Å². The first kappa shape index (κ1) is 44.7. The van der Waals surface area contributed by atoms with Crippen molar-refractivity contribution in [2.45, 2.75) is 119 Å². The van der Waals surface area contributed by atoms with Crippen LogP contribution in [0.5, 0.6) is 0 Å². The first-order valence-corrected chi connectivity index (χ1v) is 24.4. The molecule has 3 aromatic rings. The minimum Gasteiger partial charge on any atom is -0.598 e. The molecule has 0 aromatic heterocycles. The van der Waals surface area contributed by atoms with Crippen LogP contribution in [0, 0.1) is 5.92 Å². The first-order chi connectivity index (χ1) is 26.9. The van der Waals surface area contributed by atoms with Gasteiger partial charge in [0, 0.05) is 23.2 Å². The van der Waals surface area contributed by atoms with Gasteiger partial charge in [-0.05, 0) is 87.6 Å². The van der Waals surface area contributed by atoms with Crippen LogP contribution in [-0.4, -0.2) is 83.3 Å². The van der Waals surface area contributed by atoms with E-state index < -0.39 is 78.2 Å². The normalized spacial score (nSPS) is 26.7. The summed E-state index contributed by atoms with van der Waals surface area (Å²) in [4.78, 5) is 42.1. The smallest absolute Gasteiger partial charge is 0.338 e. The SMILES string of the molecule is C[C@@H]1/C=C\CC(CO[Si](C)(C)C(C)(C)C)S[C@H]2O[C@H]([C@@H]1N[S+]([O-])C(C)(C)C)[C@H](OC(=O)c1ccccc1)[C@H](OC(=O)c1ccccc1)[C@H]2OC(=O)c1ccccc1. The summed E-state index contributed by atoms with van der Waals surface area (Å²) in [6.45, 7) is 18.9. The van der Waals surface area contributed by atoms with Crippen molar-refractivity contribution >= 4 is 49.3 Å². The maximum Gasteiger partial charge on any atom is 0.338 e. The third-order valence-corrected chi connectivity index (χ3v) is 18.1. The highest BCUT2D eigenvalue weighted by Gasteiger charge is 2.57. The number of fused-ring (bicyclic) bond motifs is 2. The molecule has 0 spiro atoms. The Kier molecular flexibility index (Phi) is 15.0. The molecule has 2 aliphatic heterocycles. The Labute approximate surface area is 346 Å². The highest BCUT2D eigenvalue weighted by Crippen LogP contribution is 2.42. The zero-order chi connectivity index (χ0) is 41.5. The minimum atomic E-state index is -2.19. The summed E-state index contributed by atoms with van der Waals surface area (Å²) in [6, 6.07) is 24.7. The van der Waals surface area contributed by atoms with E-state index in [4.69, 9.17) is 23.4 Å². The maximum atomic E-state index is 14.1. The Morgan fingerprint density at radius 1 is 0.772 bits per heavy atom. The quantitative estimate of drug-likeness (QED) is 0.0656. The van der Waals surface area contributed by atoms with E-state index in [1.165, 1.54) is 11.8 Å². The molecule has 1 N–H and O–H groups in total. The molecule has 308 valence electrons. The lowest BCUT2D eigenvalue weighted by Gasteiger charge is -2.48. The number of carbonyl (C=O) groups excluding carboxylic acids is 3. The van der Waals surface area contributed by atoms with Crippen LogP contribution in [0.15, 0.2) is 103 Å². The number of hydrogen-bond donors (Lipinski definition) is 1. The number of thioether (sulfide) groups is 1. The molecule has 1 fully saturated rings. The van der Waals surface area contributed by atoms with E-state index in [9.17, 15) is 18.9 Å². The monoisotopic (exact) mass is 835 g/mol. The molecule has 2 unspecified atom stereocenters. The molecule has 3 aromatic carbocycles. The Morgan fingerprint density at radius 2 is 1.23 bits per heavy atom. The first-order valence-electron chi connectivity index (χ1n) is 19.4. The highest BCUT2D eigenvalue weighted by atomic mass is 32.2. The number of ether oxygens (including phenoxy) is 4. The lowest BCUT2D eigenvalue weighted by Crippen LogP contribution is -2.67. The summed E-state index contributed by atoms with van der Waals surface area (Å²) in [5.41, 5.74) is -0.141. The standard InChI is InChI=1S/C44H57NO9S2Si/c1-29-20-19-27-33(28-50-57(8,9)44(5,6)7)55-42-38(53-41(48)32-25-17-12-18-26-32)37(52-40(47)31-23-15-11-16-24-31)36(51-39(46)30-21-13-10-14-22-30)35(54-42)34(29)45-56(49)43(2,3)4/h10-26,29,33-38,42,45H,27-28H2,1-9H3/b20-19-/t29-,33?,34-,35-,36+,37+,38-,42-,56?/m1/s1. The third kappa shape index (κ3) is 11.6. The predicted octanol–water partition coefficient (Wildman–Crippen LogP) is 8.53. The Hall–Kier alpha value is -3.43. The second-order valence-electron chi connectivity index (χ2n) is 17.1. The molecule has 10 nitrogen and oxygen atoms in total. The Bertz CT molecular complexity index is 1820. The molecule has 13 heteroatoms. The van der Waals surface area contributed by atoms with Crippen LogP contribution < -0.4 is 4.72 Å². The molecule has 0 amide bonds. The van der Waals surface area contributed by atoms with E-state index in [0.29, 0.717) is 13.0 Å². The van der Waals surface area contributed by atoms with Gasteiger partial charge in [0.1, 0.15) is 16.3 Å². The Balaban J connectivity index is 1.67. The van der Waals surface area contributed by atoms with Crippen molar-refractivity contribution in [3.05, 3.63) is 120 Å². The van der Waals surface area contributed by atoms with Crippen molar-refractivity contribution in [1.82, 2.24) is 4.72 Å². The van der Waals surface area contributed by atoms with E-state index in [-0.39, 0.29) is 32.9 Å². The van der Waals surface area contributed by atoms with Crippen molar-refractivity contribution in [1.29, 1.82) is 0 Å². The molecule has 9 atom stereocenters. The van der Waals surface area contributed by atoms with E-state index in [1.54, 1.807) is 91.0 Å². The van der Waals surface area contributed by atoms with Gasteiger partial charge in [-0.15, -0.1) is 16.5 Å². The van der Waals surface area contributed by atoms with E-state index in [1.807, 2.05) is 33.8 Å². The number of esters is 3. The van der Waals surface area contributed by atoms with E-state index in [2.05, 4.69) is 44.7 Å².